The second-order valence-corrected chi connectivity index (χ2v) is 3.73. The summed E-state index contributed by atoms with van der Waals surface area (Å²) in [6.45, 7) is 0. The van der Waals surface area contributed by atoms with Crippen LogP contribution in [0, 0.1) is 11.8 Å². The van der Waals surface area contributed by atoms with Crippen LogP contribution in [0.4, 0.5) is 0 Å². The van der Waals surface area contributed by atoms with Crippen LogP contribution in [0.5, 0.6) is 11.5 Å². The molecule has 0 unspecified atom stereocenters. The van der Waals surface area contributed by atoms with Gasteiger partial charge in [-0.15, -0.1) is 0 Å². The molecular weight excluding hydrogens is 272 g/mol. The molecular formula is C12H11BrO3. The van der Waals surface area contributed by atoms with Gasteiger partial charge in [-0.05, 0) is 12.1 Å². The van der Waals surface area contributed by atoms with Gasteiger partial charge < -0.3 is 9.84 Å². The van der Waals surface area contributed by atoms with Crippen molar-refractivity contribution in [2.24, 2.45) is 0 Å². The number of aromatic hydroxyl groups is 1. The SMILES string of the molecule is COc1ccc(C=O)c(C#CCCBr)c1O. The average Bonchev–Trinajstić information content (AvgIpc) is 2.31. The highest BCUT2D eigenvalue weighted by Gasteiger charge is 2.10. The molecule has 0 fully saturated rings. The summed E-state index contributed by atoms with van der Waals surface area (Å²) in [5, 5.41) is 10.6. The van der Waals surface area contributed by atoms with Crippen LogP contribution < -0.4 is 4.74 Å². The van der Waals surface area contributed by atoms with Crippen molar-refractivity contribution in [2.75, 3.05) is 12.4 Å². The Morgan fingerprint density at radius 1 is 1.56 bits per heavy atom. The molecule has 1 rings (SSSR count). The molecule has 0 aliphatic carbocycles. The van der Waals surface area contributed by atoms with Crippen molar-refractivity contribution in [3.63, 3.8) is 0 Å². The lowest BCUT2D eigenvalue weighted by Crippen LogP contribution is -1.92. The summed E-state index contributed by atoms with van der Waals surface area (Å²) in [5.74, 6) is 5.84. The molecule has 0 saturated heterocycles. The predicted molar refractivity (Wildman–Crippen MR) is 65.3 cm³/mol. The normalized spacial score (nSPS) is 9.12. The van der Waals surface area contributed by atoms with Crippen molar-refractivity contribution < 1.29 is 14.6 Å². The molecule has 84 valence electrons. The first-order valence-electron chi connectivity index (χ1n) is 4.64. The van der Waals surface area contributed by atoms with E-state index in [4.69, 9.17) is 4.74 Å². The standard InChI is InChI=1S/C12H11BrO3/c1-16-11-6-5-9(8-14)10(12(11)15)4-2-3-7-13/h5-6,8,15H,3,7H2,1H3. The van der Waals surface area contributed by atoms with E-state index >= 15 is 0 Å². The quantitative estimate of drug-likeness (QED) is 0.526. The Morgan fingerprint density at radius 2 is 2.31 bits per heavy atom. The van der Waals surface area contributed by atoms with E-state index in [2.05, 4.69) is 27.8 Å². The second-order valence-electron chi connectivity index (χ2n) is 2.94. The molecule has 0 aliphatic rings. The molecule has 4 heteroatoms. The Hall–Kier alpha value is -1.47. The lowest BCUT2D eigenvalue weighted by Gasteiger charge is -2.06. The highest BCUT2D eigenvalue weighted by atomic mass is 79.9. The second kappa shape index (κ2) is 6.19. The Morgan fingerprint density at radius 3 is 2.88 bits per heavy atom. The Labute approximate surface area is 103 Å². The number of alkyl halides is 1. The van der Waals surface area contributed by atoms with Crippen LogP contribution in [-0.4, -0.2) is 23.8 Å². The molecule has 0 spiro atoms. The fourth-order valence-corrected chi connectivity index (χ4v) is 1.38. The van der Waals surface area contributed by atoms with Gasteiger partial charge in [-0.1, -0.05) is 27.8 Å². The summed E-state index contributed by atoms with van der Waals surface area (Å²) >= 11 is 3.25. The zero-order valence-corrected chi connectivity index (χ0v) is 10.4. The monoisotopic (exact) mass is 282 g/mol. The zero-order chi connectivity index (χ0) is 12.0. The number of methoxy groups -OCH3 is 1. The molecule has 0 amide bonds. The molecule has 0 aromatic heterocycles. The van der Waals surface area contributed by atoms with Gasteiger partial charge in [0.2, 0.25) is 0 Å². The Kier molecular flexibility index (Phi) is 4.87. The van der Waals surface area contributed by atoms with Crippen LogP contribution in [0.2, 0.25) is 0 Å². The maximum Gasteiger partial charge on any atom is 0.174 e. The third-order valence-corrected chi connectivity index (χ3v) is 2.35. The zero-order valence-electron chi connectivity index (χ0n) is 8.79. The third-order valence-electron chi connectivity index (χ3n) is 1.95. The number of hydrogen-bond acceptors (Lipinski definition) is 3. The van der Waals surface area contributed by atoms with Crippen molar-refractivity contribution >= 4 is 22.2 Å². The van der Waals surface area contributed by atoms with Gasteiger partial charge in [-0.2, -0.15) is 0 Å². The maximum absolute atomic E-state index is 10.8. The summed E-state index contributed by atoms with van der Waals surface area (Å²) in [4.78, 5) is 10.8. The highest BCUT2D eigenvalue weighted by molar-refractivity contribution is 9.09. The fraction of sp³-hybridized carbons (Fsp3) is 0.250. The molecule has 0 aliphatic heterocycles. The topological polar surface area (TPSA) is 46.5 Å². The highest BCUT2D eigenvalue weighted by Crippen LogP contribution is 2.30. The molecule has 0 saturated carbocycles. The number of phenols is 1. The molecule has 0 radical (unpaired) electrons. The minimum atomic E-state index is -0.0887. The van der Waals surface area contributed by atoms with Crippen LogP contribution in [0.15, 0.2) is 12.1 Å². The van der Waals surface area contributed by atoms with E-state index in [-0.39, 0.29) is 5.75 Å². The van der Waals surface area contributed by atoms with Gasteiger partial charge >= 0.3 is 0 Å². The molecule has 0 bridgehead atoms. The van der Waals surface area contributed by atoms with Gasteiger partial charge in [-0.3, -0.25) is 4.79 Å². The third kappa shape index (κ3) is 2.77. The number of halogens is 1. The largest absolute Gasteiger partial charge is 0.503 e. The molecule has 16 heavy (non-hydrogen) atoms. The number of hydrogen-bond donors (Lipinski definition) is 1. The van der Waals surface area contributed by atoms with E-state index in [9.17, 15) is 9.90 Å². The van der Waals surface area contributed by atoms with Crippen LogP contribution in [0.1, 0.15) is 22.3 Å². The first-order chi connectivity index (χ1) is 7.74. The van der Waals surface area contributed by atoms with Gasteiger partial charge in [-0.25, -0.2) is 0 Å². The number of rotatable bonds is 3. The van der Waals surface area contributed by atoms with Crippen molar-refractivity contribution in [1.29, 1.82) is 0 Å². The van der Waals surface area contributed by atoms with Gasteiger partial charge in [0.05, 0.1) is 12.7 Å². The number of aldehydes is 1. The van der Waals surface area contributed by atoms with Gasteiger partial charge in [0.15, 0.2) is 17.8 Å². The summed E-state index contributed by atoms with van der Waals surface area (Å²) in [6.07, 6.45) is 1.31. The van der Waals surface area contributed by atoms with Crippen molar-refractivity contribution in [1.82, 2.24) is 0 Å². The lowest BCUT2D eigenvalue weighted by atomic mass is 10.1. The molecule has 1 N–H and O–H groups in total. The molecule has 3 nitrogen and oxygen atoms in total. The minimum Gasteiger partial charge on any atom is -0.503 e. The molecule has 1 aromatic rings. The number of carbonyl (C=O) groups is 1. The predicted octanol–water partition coefficient (Wildman–Crippen LogP) is 2.35. The van der Waals surface area contributed by atoms with Gasteiger partial charge in [0.1, 0.15) is 0 Å². The van der Waals surface area contributed by atoms with Crippen LogP contribution in [0.25, 0.3) is 0 Å². The van der Waals surface area contributed by atoms with Crippen LogP contribution >= 0.6 is 15.9 Å². The summed E-state index contributed by atoms with van der Waals surface area (Å²) in [5.41, 5.74) is 0.677. The minimum absolute atomic E-state index is 0.0887. The van der Waals surface area contributed by atoms with E-state index in [1.165, 1.54) is 13.2 Å². The first-order valence-corrected chi connectivity index (χ1v) is 5.76. The Bertz CT molecular complexity index is 444. The molecule has 1 aromatic carbocycles. The summed E-state index contributed by atoms with van der Waals surface area (Å²) < 4.78 is 4.95. The van der Waals surface area contributed by atoms with E-state index in [1.807, 2.05) is 0 Å². The Balaban J connectivity index is 3.22. The van der Waals surface area contributed by atoms with Crippen molar-refractivity contribution in [3.8, 4) is 23.3 Å². The van der Waals surface area contributed by atoms with E-state index < -0.39 is 0 Å². The van der Waals surface area contributed by atoms with Gasteiger partial charge in [0.25, 0.3) is 0 Å². The van der Waals surface area contributed by atoms with Gasteiger partial charge in [0, 0.05) is 17.3 Å². The summed E-state index contributed by atoms with van der Waals surface area (Å²) in [6, 6.07) is 3.11. The van der Waals surface area contributed by atoms with Crippen LogP contribution in [0.3, 0.4) is 0 Å². The maximum atomic E-state index is 10.8. The van der Waals surface area contributed by atoms with Crippen molar-refractivity contribution in [2.45, 2.75) is 6.42 Å². The number of phenolic OH excluding ortho intramolecular Hbond substituents is 1. The number of benzene rings is 1. The number of carbonyl (C=O) groups excluding carboxylic acids is 1. The van der Waals surface area contributed by atoms with Crippen molar-refractivity contribution in [3.05, 3.63) is 23.3 Å². The number of ether oxygens (including phenoxy) is 1. The van der Waals surface area contributed by atoms with Crippen LogP contribution in [-0.2, 0) is 0 Å². The lowest BCUT2D eigenvalue weighted by molar-refractivity contribution is 0.112. The smallest absolute Gasteiger partial charge is 0.174 e. The molecule has 0 atom stereocenters. The van der Waals surface area contributed by atoms with E-state index in [0.717, 1.165) is 5.33 Å². The van der Waals surface area contributed by atoms with E-state index in [0.29, 0.717) is 29.6 Å². The first kappa shape index (κ1) is 12.6. The average molecular weight is 283 g/mol. The summed E-state index contributed by atoms with van der Waals surface area (Å²) in [7, 11) is 1.45. The van der Waals surface area contributed by atoms with E-state index in [1.54, 1.807) is 6.07 Å². The molecule has 0 heterocycles. The fourth-order valence-electron chi connectivity index (χ4n) is 1.18.